The number of para-hydroxylation sites is 1. The van der Waals surface area contributed by atoms with Gasteiger partial charge in [-0.1, -0.05) is 30.0 Å². The maximum Gasteiger partial charge on any atom is 0.192 e. The van der Waals surface area contributed by atoms with E-state index in [0.717, 1.165) is 0 Å². The lowest BCUT2D eigenvalue weighted by Crippen LogP contribution is -2.09. The molecule has 0 atom stereocenters. The van der Waals surface area contributed by atoms with Gasteiger partial charge in [-0.05, 0) is 24.3 Å². The summed E-state index contributed by atoms with van der Waals surface area (Å²) in [5.41, 5.74) is 0.551. The average Bonchev–Trinajstić information content (AvgIpc) is 3.30. The van der Waals surface area contributed by atoms with Crippen LogP contribution in [0.2, 0.25) is 0 Å². The number of hydrogen-bond donors (Lipinski definition) is 1. The summed E-state index contributed by atoms with van der Waals surface area (Å²) < 4.78 is 20.9. The molecular weight excluding hydrogens is 355 g/mol. The Hall–Kier alpha value is -2.87. The summed E-state index contributed by atoms with van der Waals surface area (Å²) in [6.07, 6.45) is 3.41. The van der Waals surface area contributed by atoms with Gasteiger partial charge in [0.25, 0.3) is 0 Å². The van der Waals surface area contributed by atoms with E-state index in [1.165, 1.54) is 17.8 Å². The minimum atomic E-state index is -0.437. The van der Waals surface area contributed by atoms with Crippen molar-refractivity contribution in [2.24, 2.45) is 0 Å². The van der Waals surface area contributed by atoms with Gasteiger partial charge in [-0.15, -0.1) is 16.8 Å². The zero-order chi connectivity index (χ0) is 18.4. The minimum Gasteiger partial charge on any atom is -0.483 e. The second-order valence-electron chi connectivity index (χ2n) is 5.31. The number of Topliss-reactive ketones (excluding diaryl/α,β-unsaturated/α-hetero) is 1. The van der Waals surface area contributed by atoms with E-state index < -0.39 is 5.82 Å². The van der Waals surface area contributed by atoms with E-state index in [1.54, 1.807) is 47.2 Å². The SMILES string of the molecule is C=CCn1c(COc2ccccc2F)nnc1SCC(=O)c1ccc[nH]1. The molecule has 0 saturated heterocycles. The molecule has 1 aromatic carbocycles. The number of allylic oxidation sites excluding steroid dienone is 1. The molecule has 2 aromatic heterocycles. The number of benzene rings is 1. The number of carbonyl (C=O) groups excluding carboxylic acids is 1. The van der Waals surface area contributed by atoms with E-state index in [2.05, 4.69) is 21.8 Å². The van der Waals surface area contributed by atoms with Crippen LogP contribution in [0.5, 0.6) is 5.75 Å². The molecule has 134 valence electrons. The number of thioether (sulfide) groups is 1. The summed E-state index contributed by atoms with van der Waals surface area (Å²) in [6, 6.07) is 9.67. The van der Waals surface area contributed by atoms with E-state index >= 15 is 0 Å². The van der Waals surface area contributed by atoms with Crippen molar-refractivity contribution in [3.63, 3.8) is 0 Å². The maximum absolute atomic E-state index is 13.7. The summed E-state index contributed by atoms with van der Waals surface area (Å²) in [5.74, 6) is 0.440. The Kier molecular flexibility index (Phi) is 5.85. The van der Waals surface area contributed by atoms with E-state index in [1.807, 2.05) is 0 Å². The molecule has 8 heteroatoms. The van der Waals surface area contributed by atoms with Gasteiger partial charge in [0.15, 0.2) is 28.3 Å². The largest absolute Gasteiger partial charge is 0.483 e. The van der Waals surface area contributed by atoms with Gasteiger partial charge in [0.2, 0.25) is 0 Å². The van der Waals surface area contributed by atoms with Gasteiger partial charge in [-0.25, -0.2) is 4.39 Å². The number of halogens is 1. The highest BCUT2D eigenvalue weighted by atomic mass is 32.2. The molecule has 26 heavy (non-hydrogen) atoms. The number of carbonyl (C=O) groups is 1. The summed E-state index contributed by atoms with van der Waals surface area (Å²) in [6.45, 7) is 4.25. The van der Waals surface area contributed by atoms with Crippen molar-refractivity contribution in [3.05, 3.63) is 72.6 Å². The number of nitrogens with one attached hydrogen (secondary N) is 1. The monoisotopic (exact) mass is 372 g/mol. The first kappa shape index (κ1) is 17.9. The molecule has 2 heterocycles. The fraction of sp³-hybridized carbons (Fsp3) is 0.167. The first-order valence-corrected chi connectivity index (χ1v) is 8.87. The first-order chi connectivity index (χ1) is 12.7. The van der Waals surface area contributed by atoms with E-state index in [0.29, 0.717) is 23.2 Å². The van der Waals surface area contributed by atoms with Gasteiger partial charge < -0.3 is 9.72 Å². The van der Waals surface area contributed by atoms with Crippen molar-refractivity contribution in [3.8, 4) is 5.75 Å². The van der Waals surface area contributed by atoms with Crippen LogP contribution in [0.4, 0.5) is 4.39 Å². The number of H-pyrrole nitrogens is 1. The Balaban J connectivity index is 1.68. The maximum atomic E-state index is 13.7. The summed E-state index contributed by atoms with van der Waals surface area (Å²) in [5, 5.41) is 8.79. The summed E-state index contributed by atoms with van der Waals surface area (Å²) in [4.78, 5) is 15.0. The zero-order valence-corrected chi connectivity index (χ0v) is 14.7. The fourth-order valence-electron chi connectivity index (χ4n) is 2.26. The van der Waals surface area contributed by atoms with Gasteiger partial charge in [0, 0.05) is 12.7 Å². The molecular formula is C18H17FN4O2S. The highest BCUT2D eigenvalue weighted by Gasteiger charge is 2.15. The standard InChI is InChI=1S/C18H17FN4O2S/c1-2-10-23-17(11-25-16-8-4-3-6-13(16)19)21-22-18(23)26-12-15(24)14-7-5-9-20-14/h2-9,20H,1,10-12H2. The normalized spacial score (nSPS) is 10.7. The molecule has 3 rings (SSSR count). The molecule has 1 N–H and O–H groups in total. The summed E-state index contributed by atoms with van der Waals surface area (Å²) in [7, 11) is 0. The van der Waals surface area contributed by atoms with Crippen molar-refractivity contribution >= 4 is 17.5 Å². The van der Waals surface area contributed by atoms with Crippen LogP contribution in [0, 0.1) is 5.82 Å². The molecule has 0 bridgehead atoms. The highest BCUT2D eigenvalue weighted by Crippen LogP contribution is 2.21. The van der Waals surface area contributed by atoms with E-state index in [4.69, 9.17) is 4.74 Å². The van der Waals surface area contributed by atoms with Crippen molar-refractivity contribution in [1.82, 2.24) is 19.7 Å². The van der Waals surface area contributed by atoms with Gasteiger partial charge in [0.05, 0.1) is 11.4 Å². The Morgan fingerprint density at radius 1 is 1.31 bits per heavy atom. The van der Waals surface area contributed by atoms with Gasteiger partial charge in [0.1, 0.15) is 6.61 Å². The predicted octanol–water partition coefficient (Wildman–Crippen LogP) is 3.49. The number of nitrogens with zero attached hydrogens (tertiary/aromatic N) is 3. The number of ether oxygens (including phenoxy) is 1. The van der Waals surface area contributed by atoms with Crippen LogP contribution in [0.25, 0.3) is 0 Å². The second-order valence-corrected chi connectivity index (χ2v) is 6.26. The predicted molar refractivity (Wildman–Crippen MR) is 96.8 cm³/mol. The lowest BCUT2D eigenvalue weighted by atomic mass is 10.3. The van der Waals surface area contributed by atoms with Gasteiger partial charge >= 0.3 is 0 Å². The van der Waals surface area contributed by atoms with Crippen molar-refractivity contribution in [2.45, 2.75) is 18.3 Å². The molecule has 0 saturated carbocycles. The molecule has 0 amide bonds. The van der Waals surface area contributed by atoms with Crippen LogP contribution in [0.15, 0.2) is 60.4 Å². The number of aromatic amines is 1. The average molecular weight is 372 g/mol. The minimum absolute atomic E-state index is 0.0303. The molecule has 6 nitrogen and oxygen atoms in total. The molecule has 0 fully saturated rings. The Morgan fingerprint density at radius 2 is 2.15 bits per heavy atom. The molecule has 0 spiro atoms. The van der Waals surface area contributed by atoms with E-state index in [-0.39, 0.29) is 23.9 Å². The third kappa shape index (κ3) is 4.20. The molecule has 0 aliphatic rings. The third-order valence-corrected chi connectivity index (χ3v) is 4.50. The van der Waals surface area contributed by atoms with Crippen LogP contribution in [-0.2, 0) is 13.2 Å². The molecule has 0 aliphatic heterocycles. The number of rotatable bonds is 9. The van der Waals surface area contributed by atoms with Crippen molar-refractivity contribution < 1.29 is 13.9 Å². The fourth-order valence-corrected chi connectivity index (χ4v) is 3.11. The summed E-state index contributed by atoms with van der Waals surface area (Å²) >= 11 is 1.28. The molecule has 3 aromatic rings. The lowest BCUT2D eigenvalue weighted by Gasteiger charge is -2.09. The number of ketones is 1. The van der Waals surface area contributed by atoms with Crippen molar-refractivity contribution in [1.29, 1.82) is 0 Å². The van der Waals surface area contributed by atoms with Crippen LogP contribution in [0.3, 0.4) is 0 Å². The zero-order valence-electron chi connectivity index (χ0n) is 13.9. The van der Waals surface area contributed by atoms with Crippen LogP contribution >= 0.6 is 11.8 Å². The quantitative estimate of drug-likeness (QED) is 0.354. The number of hydrogen-bond acceptors (Lipinski definition) is 5. The molecule has 0 radical (unpaired) electrons. The van der Waals surface area contributed by atoms with Crippen molar-refractivity contribution in [2.75, 3.05) is 5.75 Å². The Bertz CT molecular complexity index is 892. The third-order valence-electron chi connectivity index (χ3n) is 3.53. The Labute approximate surface area is 154 Å². The first-order valence-electron chi connectivity index (χ1n) is 7.88. The lowest BCUT2D eigenvalue weighted by molar-refractivity contribution is 0.101. The molecule has 0 aliphatic carbocycles. The Morgan fingerprint density at radius 3 is 2.88 bits per heavy atom. The van der Waals surface area contributed by atoms with Crippen LogP contribution in [-0.4, -0.2) is 31.3 Å². The number of aromatic nitrogens is 4. The topological polar surface area (TPSA) is 72.8 Å². The van der Waals surface area contributed by atoms with Gasteiger partial charge in [-0.3, -0.25) is 9.36 Å². The smallest absolute Gasteiger partial charge is 0.192 e. The van der Waals surface area contributed by atoms with Gasteiger partial charge in [-0.2, -0.15) is 0 Å². The van der Waals surface area contributed by atoms with Crippen LogP contribution in [0.1, 0.15) is 16.3 Å². The highest BCUT2D eigenvalue weighted by molar-refractivity contribution is 7.99. The van der Waals surface area contributed by atoms with E-state index in [9.17, 15) is 9.18 Å². The molecule has 0 unspecified atom stereocenters. The second kappa shape index (κ2) is 8.48. The van der Waals surface area contributed by atoms with Crippen LogP contribution < -0.4 is 4.74 Å².